The highest BCUT2D eigenvalue weighted by Crippen LogP contribution is 2.40. The van der Waals surface area contributed by atoms with Crippen molar-refractivity contribution in [3.8, 4) is 22.3 Å². The minimum atomic E-state index is -0.0139. The molecule has 1 aromatic carbocycles. The van der Waals surface area contributed by atoms with Gasteiger partial charge in [-0.2, -0.15) is 5.10 Å². The molecule has 1 saturated carbocycles. The molecule has 0 saturated heterocycles. The molecule has 7 rings (SSSR count). The number of nitrogens with zero attached hydrogens (tertiary/aromatic N) is 4. The Balaban J connectivity index is 1.18. The number of hydrogen-bond acceptors (Lipinski definition) is 7. The van der Waals surface area contributed by atoms with Gasteiger partial charge >= 0.3 is 0 Å². The van der Waals surface area contributed by atoms with Crippen LogP contribution < -0.4 is 16.0 Å². The lowest BCUT2D eigenvalue weighted by Crippen LogP contribution is -2.22. The molecule has 4 aromatic heterocycles. The van der Waals surface area contributed by atoms with Gasteiger partial charge in [-0.15, -0.1) is 0 Å². The standard InChI is InChI=1S/C33H34N8/c1-34-29-14-30(39-31-20-38-19-27(32(29)31)23-8-10-35-11-9-23)33-26-13-24(6-7-28(26)40-41-33)25-12-22(17-37-18-25)16-36-15-21-4-2-3-5-21/h6-14,17-21,29,34,36,39H,2-5,15-16H2,1H3,(H,40,41). The first-order valence-electron chi connectivity index (χ1n) is 14.4. The van der Waals surface area contributed by atoms with Gasteiger partial charge in [-0.05, 0) is 85.5 Å². The fourth-order valence-electron chi connectivity index (χ4n) is 6.25. The Morgan fingerprint density at radius 2 is 1.73 bits per heavy atom. The summed E-state index contributed by atoms with van der Waals surface area (Å²) in [5, 5.41) is 19.8. The number of anilines is 1. The first-order chi connectivity index (χ1) is 20.3. The van der Waals surface area contributed by atoms with E-state index in [1.807, 2.05) is 56.4 Å². The first-order valence-corrected chi connectivity index (χ1v) is 14.4. The van der Waals surface area contributed by atoms with Crippen molar-refractivity contribution < 1.29 is 0 Å². The summed E-state index contributed by atoms with van der Waals surface area (Å²) in [5.74, 6) is 0.822. The zero-order valence-electron chi connectivity index (χ0n) is 23.2. The molecule has 2 aliphatic rings. The number of aromatic nitrogens is 5. The summed E-state index contributed by atoms with van der Waals surface area (Å²) in [6.07, 6.45) is 19.0. The number of benzene rings is 1. The summed E-state index contributed by atoms with van der Waals surface area (Å²) in [5.41, 5.74) is 10.5. The summed E-state index contributed by atoms with van der Waals surface area (Å²) in [6.45, 7) is 1.93. The van der Waals surface area contributed by atoms with Gasteiger partial charge in [0, 0.05) is 59.6 Å². The minimum absolute atomic E-state index is 0.0139. The Hall–Kier alpha value is -4.40. The third-order valence-corrected chi connectivity index (χ3v) is 8.39. The van der Waals surface area contributed by atoms with Crippen molar-refractivity contribution in [1.29, 1.82) is 0 Å². The molecule has 5 heterocycles. The van der Waals surface area contributed by atoms with E-state index in [1.165, 1.54) is 31.2 Å². The Bertz CT molecular complexity index is 1700. The lowest BCUT2D eigenvalue weighted by Gasteiger charge is -2.27. The number of H-pyrrole nitrogens is 1. The van der Waals surface area contributed by atoms with Crippen LogP contribution >= 0.6 is 0 Å². The molecule has 0 radical (unpaired) electrons. The van der Waals surface area contributed by atoms with Gasteiger partial charge in [-0.25, -0.2) is 0 Å². The summed E-state index contributed by atoms with van der Waals surface area (Å²) < 4.78 is 0. The lowest BCUT2D eigenvalue weighted by molar-refractivity contribution is 0.489. The van der Waals surface area contributed by atoms with Gasteiger partial charge in [0.2, 0.25) is 0 Å². The average Bonchev–Trinajstić information content (AvgIpc) is 3.71. The van der Waals surface area contributed by atoms with Crippen LogP contribution in [0.3, 0.4) is 0 Å². The number of pyridine rings is 3. The van der Waals surface area contributed by atoms with Gasteiger partial charge in [0.15, 0.2) is 0 Å². The Labute approximate surface area is 239 Å². The third kappa shape index (κ3) is 5.12. The van der Waals surface area contributed by atoms with Gasteiger partial charge < -0.3 is 16.0 Å². The molecule has 41 heavy (non-hydrogen) atoms. The number of rotatable bonds is 8. The highest BCUT2D eigenvalue weighted by Gasteiger charge is 2.25. The van der Waals surface area contributed by atoms with E-state index >= 15 is 0 Å². The van der Waals surface area contributed by atoms with Crippen LogP contribution in [0.25, 0.3) is 38.9 Å². The van der Waals surface area contributed by atoms with Gasteiger partial charge in [-0.3, -0.25) is 20.1 Å². The predicted octanol–water partition coefficient (Wildman–Crippen LogP) is 6.09. The van der Waals surface area contributed by atoms with Crippen LogP contribution in [0, 0.1) is 5.92 Å². The zero-order chi connectivity index (χ0) is 27.6. The van der Waals surface area contributed by atoms with E-state index in [9.17, 15) is 0 Å². The second kappa shape index (κ2) is 11.2. The van der Waals surface area contributed by atoms with Crippen molar-refractivity contribution in [3.63, 3.8) is 0 Å². The summed E-state index contributed by atoms with van der Waals surface area (Å²) in [7, 11) is 1.98. The van der Waals surface area contributed by atoms with E-state index < -0.39 is 0 Å². The maximum atomic E-state index is 4.73. The van der Waals surface area contributed by atoms with Crippen molar-refractivity contribution in [3.05, 3.63) is 96.5 Å². The molecule has 0 amide bonds. The SMILES string of the molecule is CNC1C=C(c2n[nH]c3ccc(-c4cncc(CNCC5CCCC5)c4)cc23)Nc2cncc(-c3ccncc3)c21. The Morgan fingerprint density at radius 3 is 2.59 bits per heavy atom. The maximum absolute atomic E-state index is 4.73. The number of fused-ring (bicyclic) bond motifs is 2. The molecule has 8 heteroatoms. The molecular formula is C33H34N8. The van der Waals surface area contributed by atoms with E-state index in [2.05, 4.69) is 66.3 Å². The van der Waals surface area contributed by atoms with Crippen LogP contribution in [-0.2, 0) is 6.54 Å². The molecule has 1 atom stereocenters. The van der Waals surface area contributed by atoms with Crippen LogP contribution in [-0.4, -0.2) is 38.7 Å². The van der Waals surface area contributed by atoms with Crippen LogP contribution in [0.1, 0.15) is 48.5 Å². The molecule has 4 N–H and O–H groups in total. The molecule has 1 fully saturated rings. The second-order valence-electron chi connectivity index (χ2n) is 11.1. The van der Waals surface area contributed by atoms with E-state index in [0.717, 1.165) is 74.8 Å². The number of nitrogens with one attached hydrogen (secondary N) is 4. The topological polar surface area (TPSA) is 103 Å². The van der Waals surface area contributed by atoms with Gasteiger partial charge in [0.25, 0.3) is 0 Å². The number of aromatic amines is 1. The van der Waals surface area contributed by atoms with Crippen molar-refractivity contribution in [2.75, 3.05) is 18.9 Å². The predicted molar refractivity (Wildman–Crippen MR) is 164 cm³/mol. The van der Waals surface area contributed by atoms with Crippen LogP contribution in [0.15, 0.2) is 79.7 Å². The molecule has 1 unspecified atom stereocenters. The van der Waals surface area contributed by atoms with Gasteiger partial charge in [0.05, 0.1) is 29.1 Å². The molecule has 1 aliphatic heterocycles. The molecule has 0 bridgehead atoms. The monoisotopic (exact) mass is 542 g/mol. The van der Waals surface area contributed by atoms with Crippen LogP contribution in [0.2, 0.25) is 0 Å². The summed E-state index contributed by atoms with van der Waals surface area (Å²) in [4.78, 5) is 13.3. The summed E-state index contributed by atoms with van der Waals surface area (Å²) >= 11 is 0. The molecule has 206 valence electrons. The lowest BCUT2D eigenvalue weighted by atomic mass is 9.92. The minimum Gasteiger partial charge on any atom is -0.352 e. The normalized spacial score (nSPS) is 16.9. The highest BCUT2D eigenvalue weighted by atomic mass is 15.1. The van der Waals surface area contributed by atoms with E-state index in [-0.39, 0.29) is 6.04 Å². The quantitative estimate of drug-likeness (QED) is 0.188. The Morgan fingerprint density at radius 1 is 0.878 bits per heavy atom. The maximum Gasteiger partial charge on any atom is 0.116 e. The molecule has 1 aliphatic carbocycles. The smallest absolute Gasteiger partial charge is 0.116 e. The molecular weight excluding hydrogens is 508 g/mol. The first kappa shape index (κ1) is 25.6. The molecule has 8 nitrogen and oxygen atoms in total. The second-order valence-corrected chi connectivity index (χ2v) is 11.1. The average molecular weight is 543 g/mol. The Kier molecular flexibility index (Phi) is 7.00. The van der Waals surface area contributed by atoms with Crippen molar-refractivity contribution in [2.45, 2.75) is 38.3 Å². The van der Waals surface area contributed by atoms with Gasteiger partial charge in [0.1, 0.15) is 5.69 Å². The highest BCUT2D eigenvalue weighted by molar-refractivity contribution is 5.97. The van der Waals surface area contributed by atoms with Crippen molar-refractivity contribution in [2.24, 2.45) is 5.92 Å². The van der Waals surface area contributed by atoms with Gasteiger partial charge in [-0.1, -0.05) is 18.9 Å². The zero-order valence-corrected chi connectivity index (χ0v) is 23.2. The number of hydrogen-bond donors (Lipinski definition) is 4. The fourth-order valence-corrected chi connectivity index (χ4v) is 6.25. The van der Waals surface area contributed by atoms with Crippen LogP contribution in [0.4, 0.5) is 5.69 Å². The van der Waals surface area contributed by atoms with E-state index in [4.69, 9.17) is 5.10 Å². The van der Waals surface area contributed by atoms with Crippen molar-refractivity contribution >= 4 is 22.3 Å². The number of likely N-dealkylation sites (N-methyl/N-ethyl adjacent to an activating group) is 1. The molecule has 5 aromatic rings. The third-order valence-electron chi connectivity index (χ3n) is 8.39. The van der Waals surface area contributed by atoms with E-state index in [0.29, 0.717) is 0 Å². The van der Waals surface area contributed by atoms with Crippen LogP contribution in [0.5, 0.6) is 0 Å². The van der Waals surface area contributed by atoms with E-state index in [1.54, 1.807) is 0 Å². The fraction of sp³-hybridized carbons (Fsp3) is 0.273. The largest absolute Gasteiger partial charge is 0.352 e. The molecule has 0 spiro atoms. The van der Waals surface area contributed by atoms with Crippen molar-refractivity contribution in [1.82, 2.24) is 35.8 Å². The summed E-state index contributed by atoms with van der Waals surface area (Å²) in [6, 6.07) is 12.7.